The molecule has 1 aliphatic heterocycles. The van der Waals surface area contributed by atoms with Gasteiger partial charge >= 0.3 is 0 Å². The van der Waals surface area contributed by atoms with E-state index in [2.05, 4.69) is 15.3 Å². The van der Waals surface area contributed by atoms with Crippen LogP contribution in [-0.4, -0.2) is 23.6 Å². The number of rotatable bonds is 1. The van der Waals surface area contributed by atoms with Crippen LogP contribution in [0.3, 0.4) is 0 Å². The molecule has 0 saturated carbocycles. The van der Waals surface area contributed by atoms with Gasteiger partial charge in [-0.1, -0.05) is 0 Å². The Morgan fingerprint density at radius 2 is 2.31 bits per heavy atom. The van der Waals surface area contributed by atoms with Crippen molar-refractivity contribution in [1.82, 2.24) is 15.3 Å². The SMILES string of the molecule is COc1nc(N)nc2c1CCNC2. The highest BCUT2D eigenvalue weighted by molar-refractivity contribution is 5.37. The monoisotopic (exact) mass is 180 g/mol. The molecule has 0 radical (unpaired) electrons. The number of ether oxygens (including phenoxy) is 1. The number of nitrogens with two attached hydrogens (primary N) is 1. The highest BCUT2D eigenvalue weighted by Gasteiger charge is 2.16. The number of methoxy groups -OCH3 is 1. The van der Waals surface area contributed by atoms with Crippen molar-refractivity contribution in [3.63, 3.8) is 0 Å². The summed E-state index contributed by atoms with van der Waals surface area (Å²) < 4.78 is 5.13. The number of hydrogen-bond acceptors (Lipinski definition) is 5. The first-order valence-electron chi connectivity index (χ1n) is 4.21. The summed E-state index contributed by atoms with van der Waals surface area (Å²) in [6.45, 7) is 1.69. The number of nitrogen functional groups attached to an aromatic ring is 1. The average Bonchev–Trinajstić information content (AvgIpc) is 2.16. The molecule has 0 fully saturated rings. The Hall–Kier alpha value is -1.36. The predicted octanol–water partition coefficient (Wildman–Crippen LogP) is -0.287. The first-order chi connectivity index (χ1) is 6.31. The molecule has 1 aliphatic rings. The van der Waals surface area contributed by atoms with Crippen molar-refractivity contribution in [2.45, 2.75) is 13.0 Å². The van der Waals surface area contributed by atoms with Crippen LogP contribution in [0.2, 0.25) is 0 Å². The van der Waals surface area contributed by atoms with Crippen molar-refractivity contribution in [2.24, 2.45) is 0 Å². The number of aromatic nitrogens is 2. The van der Waals surface area contributed by atoms with E-state index in [1.54, 1.807) is 7.11 Å². The molecule has 0 bridgehead atoms. The van der Waals surface area contributed by atoms with Crippen molar-refractivity contribution >= 4 is 5.95 Å². The molecule has 0 saturated heterocycles. The van der Waals surface area contributed by atoms with Gasteiger partial charge < -0.3 is 15.8 Å². The molecule has 0 aliphatic carbocycles. The lowest BCUT2D eigenvalue weighted by Crippen LogP contribution is -2.26. The largest absolute Gasteiger partial charge is 0.481 e. The zero-order valence-corrected chi connectivity index (χ0v) is 7.50. The maximum Gasteiger partial charge on any atom is 0.223 e. The Labute approximate surface area is 76.3 Å². The molecule has 5 heteroatoms. The first kappa shape index (κ1) is 8.25. The third kappa shape index (κ3) is 1.42. The van der Waals surface area contributed by atoms with E-state index in [4.69, 9.17) is 10.5 Å². The van der Waals surface area contributed by atoms with E-state index in [9.17, 15) is 0 Å². The van der Waals surface area contributed by atoms with Gasteiger partial charge in [0.1, 0.15) is 0 Å². The molecular weight excluding hydrogens is 168 g/mol. The van der Waals surface area contributed by atoms with Crippen molar-refractivity contribution < 1.29 is 4.74 Å². The molecule has 0 atom stereocenters. The Balaban J connectivity index is 2.50. The third-order valence-corrected chi connectivity index (χ3v) is 2.11. The van der Waals surface area contributed by atoms with E-state index >= 15 is 0 Å². The second-order valence-electron chi connectivity index (χ2n) is 2.94. The average molecular weight is 180 g/mol. The predicted molar refractivity (Wildman–Crippen MR) is 48.4 cm³/mol. The Bertz CT molecular complexity index is 309. The van der Waals surface area contributed by atoms with E-state index < -0.39 is 0 Å². The van der Waals surface area contributed by atoms with Crippen LogP contribution in [0.1, 0.15) is 11.3 Å². The van der Waals surface area contributed by atoms with Gasteiger partial charge in [-0.15, -0.1) is 0 Å². The summed E-state index contributed by atoms with van der Waals surface area (Å²) in [6, 6.07) is 0. The van der Waals surface area contributed by atoms with E-state index in [1.807, 2.05) is 0 Å². The van der Waals surface area contributed by atoms with Gasteiger partial charge in [0.25, 0.3) is 0 Å². The molecule has 2 heterocycles. The van der Waals surface area contributed by atoms with Crippen LogP contribution in [0.4, 0.5) is 5.95 Å². The van der Waals surface area contributed by atoms with Gasteiger partial charge in [0.15, 0.2) is 0 Å². The third-order valence-electron chi connectivity index (χ3n) is 2.11. The molecule has 2 rings (SSSR count). The van der Waals surface area contributed by atoms with Gasteiger partial charge in [-0.2, -0.15) is 4.98 Å². The van der Waals surface area contributed by atoms with Crippen LogP contribution < -0.4 is 15.8 Å². The number of hydrogen-bond donors (Lipinski definition) is 2. The van der Waals surface area contributed by atoms with E-state index in [-0.39, 0.29) is 5.95 Å². The van der Waals surface area contributed by atoms with Gasteiger partial charge in [0.2, 0.25) is 11.8 Å². The fourth-order valence-electron chi connectivity index (χ4n) is 1.51. The minimum Gasteiger partial charge on any atom is -0.481 e. The normalized spacial score (nSPS) is 15.2. The Morgan fingerprint density at radius 3 is 3.08 bits per heavy atom. The van der Waals surface area contributed by atoms with Gasteiger partial charge in [-0.05, 0) is 13.0 Å². The van der Waals surface area contributed by atoms with Crippen LogP contribution >= 0.6 is 0 Å². The highest BCUT2D eigenvalue weighted by atomic mass is 16.5. The van der Waals surface area contributed by atoms with Gasteiger partial charge in [-0.3, -0.25) is 0 Å². The number of nitrogens with one attached hydrogen (secondary N) is 1. The summed E-state index contributed by atoms with van der Waals surface area (Å²) in [4.78, 5) is 8.17. The zero-order valence-electron chi connectivity index (χ0n) is 7.50. The van der Waals surface area contributed by atoms with Crippen molar-refractivity contribution in [3.05, 3.63) is 11.3 Å². The summed E-state index contributed by atoms with van der Waals surface area (Å²) in [5.74, 6) is 0.892. The fraction of sp³-hybridized carbons (Fsp3) is 0.500. The highest BCUT2D eigenvalue weighted by Crippen LogP contribution is 2.22. The van der Waals surface area contributed by atoms with E-state index in [0.29, 0.717) is 5.88 Å². The summed E-state index contributed by atoms with van der Waals surface area (Å²) in [6.07, 6.45) is 0.902. The lowest BCUT2D eigenvalue weighted by Gasteiger charge is -2.17. The van der Waals surface area contributed by atoms with Gasteiger partial charge in [0.05, 0.1) is 12.8 Å². The number of nitrogens with zero attached hydrogens (tertiary/aromatic N) is 2. The van der Waals surface area contributed by atoms with E-state index in [1.165, 1.54) is 0 Å². The standard InChI is InChI=1S/C8H12N4O/c1-13-7-5-2-3-10-4-6(5)11-8(9)12-7/h10H,2-4H2,1H3,(H2,9,11,12). The minimum absolute atomic E-state index is 0.277. The lowest BCUT2D eigenvalue weighted by molar-refractivity contribution is 0.387. The second-order valence-corrected chi connectivity index (χ2v) is 2.94. The van der Waals surface area contributed by atoms with Crippen LogP contribution in [0, 0.1) is 0 Å². The van der Waals surface area contributed by atoms with Crippen molar-refractivity contribution in [1.29, 1.82) is 0 Å². The molecule has 0 unspecified atom stereocenters. The molecule has 0 amide bonds. The molecule has 1 aromatic heterocycles. The summed E-state index contributed by atoms with van der Waals surface area (Å²) in [7, 11) is 1.60. The fourth-order valence-corrected chi connectivity index (χ4v) is 1.51. The molecule has 1 aromatic rings. The van der Waals surface area contributed by atoms with E-state index in [0.717, 1.165) is 30.8 Å². The molecule has 13 heavy (non-hydrogen) atoms. The Morgan fingerprint density at radius 1 is 1.46 bits per heavy atom. The summed E-state index contributed by atoms with van der Waals surface area (Å²) in [5.41, 5.74) is 7.56. The zero-order chi connectivity index (χ0) is 9.26. The van der Waals surface area contributed by atoms with Crippen LogP contribution in [0.5, 0.6) is 5.88 Å². The van der Waals surface area contributed by atoms with Crippen LogP contribution in [-0.2, 0) is 13.0 Å². The van der Waals surface area contributed by atoms with Gasteiger partial charge in [-0.25, -0.2) is 4.98 Å². The van der Waals surface area contributed by atoms with Crippen LogP contribution in [0.25, 0.3) is 0 Å². The first-order valence-corrected chi connectivity index (χ1v) is 4.21. The topological polar surface area (TPSA) is 73.1 Å². The smallest absolute Gasteiger partial charge is 0.223 e. The number of fused-ring (bicyclic) bond motifs is 1. The minimum atomic E-state index is 0.277. The van der Waals surface area contributed by atoms with Crippen molar-refractivity contribution in [2.75, 3.05) is 19.4 Å². The molecule has 3 N–H and O–H groups in total. The second kappa shape index (κ2) is 3.18. The molecule has 0 aromatic carbocycles. The molecule has 70 valence electrons. The quantitative estimate of drug-likeness (QED) is 0.621. The summed E-state index contributed by atoms with van der Waals surface area (Å²) >= 11 is 0. The number of anilines is 1. The molecular formula is C8H12N4O. The van der Waals surface area contributed by atoms with Crippen molar-refractivity contribution in [3.8, 4) is 5.88 Å². The Kier molecular flexibility index (Phi) is 2.02. The summed E-state index contributed by atoms with van der Waals surface area (Å²) in [5, 5.41) is 3.22. The lowest BCUT2D eigenvalue weighted by atomic mass is 10.1. The maximum atomic E-state index is 5.53. The molecule has 5 nitrogen and oxygen atoms in total. The van der Waals surface area contributed by atoms with Crippen LogP contribution in [0.15, 0.2) is 0 Å². The molecule has 0 spiro atoms. The maximum absolute atomic E-state index is 5.53. The van der Waals surface area contributed by atoms with Gasteiger partial charge in [0, 0.05) is 12.1 Å².